The smallest absolute Gasteiger partial charge is 0.408 e. The van der Waals surface area contributed by atoms with Gasteiger partial charge in [0.2, 0.25) is 12.7 Å². The van der Waals surface area contributed by atoms with Gasteiger partial charge >= 0.3 is 18.0 Å². The number of carbonyl (C=O) groups excluding carboxylic acids is 5. The van der Waals surface area contributed by atoms with Crippen molar-refractivity contribution in [3.8, 4) is 0 Å². The zero-order chi connectivity index (χ0) is 37.4. The van der Waals surface area contributed by atoms with Crippen LogP contribution >= 0.6 is 0 Å². The van der Waals surface area contributed by atoms with E-state index in [9.17, 15) is 44.4 Å². The van der Waals surface area contributed by atoms with E-state index >= 15 is 0 Å². The number of amides is 3. The van der Waals surface area contributed by atoms with E-state index in [0.717, 1.165) is 5.56 Å². The highest BCUT2D eigenvalue weighted by Gasteiger charge is 2.38. The molecule has 15 nitrogen and oxygen atoms in total. The molecule has 0 aromatic heterocycles. The summed E-state index contributed by atoms with van der Waals surface area (Å²) in [6.07, 6.45) is -7.76. The van der Waals surface area contributed by atoms with Gasteiger partial charge in [-0.25, -0.2) is 4.79 Å². The number of benzene rings is 2. The van der Waals surface area contributed by atoms with Crippen LogP contribution in [0.1, 0.15) is 64.6 Å². The third-order valence-electron chi connectivity index (χ3n) is 7.32. The normalized spacial score (nSPS) is 15.0. The molecule has 0 fully saturated rings. The van der Waals surface area contributed by atoms with Crippen molar-refractivity contribution in [2.24, 2.45) is 11.3 Å². The second-order valence-corrected chi connectivity index (χ2v) is 13.1. The largest absolute Gasteiger partial charge is 0.445 e. The number of rotatable bonds is 18. The summed E-state index contributed by atoms with van der Waals surface area (Å²) in [7, 11) is 0. The summed E-state index contributed by atoms with van der Waals surface area (Å²) in [5.74, 6) is -3.55. The maximum atomic E-state index is 13.2. The van der Waals surface area contributed by atoms with Crippen LogP contribution in [0.25, 0.3) is 0 Å². The van der Waals surface area contributed by atoms with Gasteiger partial charge < -0.3 is 50.6 Å². The number of nitrogens with one attached hydrogen (secondary N) is 3. The molecule has 0 radical (unpaired) electrons. The quantitative estimate of drug-likeness (QED) is 0.0859. The van der Waals surface area contributed by atoms with Crippen LogP contribution in [0.5, 0.6) is 0 Å². The molecule has 2 aromatic rings. The van der Waals surface area contributed by atoms with Gasteiger partial charge in [-0.2, -0.15) is 0 Å². The van der Waals surface area contributed by atoms with E-state index in [1.165, 1.54) is 0 Å². The number of hydrogen-bond acceptors (Lipinski definition) is 12. The number of esters is 2. The molecular weight excluding hydrogens is 654 g/mol. The highest BCUT2D eigenvalue weighted by atomic mass is 16.7. The van der Waals surface area contributed by atoms with Gasteiger partial charge in [-0.3, -0.25) is 19.2 Å². The van der Waals surface area contributed by atoms with Crippen molar-refractivity contribution in [1.29, 1.82) is 0 Å². The fourth-order valence-electron chi connectivity index (χ4n) is 4.50. The number of hydrogen-bond donors (Lipinski definition) is 7. The lowest BCUT2D eigenvalue weighted by Gasteiger charge is -2.30. The van der Waals surface area contributed by atoms with Crippen molar-refractivity contribution in [3.63, 3.8) is 0 Å². The first-order chi connectivity index (χ1) is 23.5. The Hall–Kier alpha value is -4.57. The summed E-state index contributed by atoms with van der Waals surface area (Å²) in [5.41, 5.74) is 0.329. The first-order valence-electron chi connectivity index (χ1n) is 16.1. The highest BCUT2D eigenvalue weighted by molar-refractivity contribution is 5.86. The average molecular weight is 704 g/mol. The van der Waals surface area contributed by atoms with E-state index < -0.39 is 91.5 Å². The van der Waals surface area contributed by atoms with Crippen LogP contribution in [0, 0.1) is 11.3 Å². The summed E-state index contributed by atoms with van der Waals surface area (Å²) in [6, 6.07) is 13.2. The fourth-order valence-corrected chi connectivity index (χ4v) is 4.50. The van der Waals surface area contributed by atoms with E-state index in [4.69, 9.17) is 14.2 Å². The van der Waals surface area contributed by atoms with Crippen molar-refractivity contribution in [2.45, 2.75) is 90.5 Å². The predicted octanol–water partition coefficient (Wildman–Crippen LogP) is 1.22. The fraction of sp³-hybridized carbons (Fsp3) is 0.514. The predicted molar refractivity (Wildman–Crippen MR) is 178 cm³/mol. The molecule has 276 valence electrons. The highest BCUT2D eigenvalue weighted by Crippen LogP contribution is 2.19. The lowest BCUT2D eigenvalue weighted by Crippen LogP contribution is -2.59. The Morgan fingerprint density at radius 2 is 1.36 bits per heavy atom. The van der Waals surface area contributed by atoms with Gasteiger partial charge in [-0.15, -0.1) is 0 Å². The van der Waals surface area contributed by atoms with Crippen LogP contribution in [0.2, 0.25) is 0 Å². The van der Waals surface area contributed by atoms with Crippen LogP contribution in [-0.2, 0) is 40.0 Å². The van der Waals surface area contributed by atoms with Gasteiger partial charge in [0.1, 0.15) is 24.9 Å². The molecule has 0 saturated carbocycles. The molecule has 0 saturated heterocycles. The molecule has 0 aliphatic heterocycles. The van der Waals surface area contributed by atoms with E-state index in [0.29, 0.717) is 5.56 Å². The van der Waals surface area contributed by atoms with Gasteiger partial charge in [0.25, 0.3) is 5.91 Å². The van der Waals surface area contributed by atoms with E-state index in [1.54, 1.807) is 95.3 Å². The van der Waals surface area contributed by atoms with Crippen molar-refractivity contribution >= 4 is 29.8 Å². The van der Waals surface area contributed by atoms with Gasteiger partial charge in [0.15, 0.2) is 6.10 Å². The van der Waals surface area contributed by atoms with Crippen LogP contribution in [0.4, 0.5) is 4.79 Å². The maximum absolute atomic E-state index is 13.2. The van der Waals surface area contributed by atoms with Gasteiger partial charge in [-0.1, -0.05) is 74.5 Å². The van der Waals surface area contributed by atoms with E-state index in [2.05, 4.69) is 16.0 Å². The summed E-state index contributed by atoms with van der Waals surface area (Å²) in [4.78, 5) is 63.2. The molecule has 7 N–H and O–H groups in total. The Morgan fingerprint density at radius 3 is 1.92 bits per heavy atom. The number of carbonyl (C=O) groups is 5. The van der Waals surface area contributed by atoms with Crippen LogP contribution in [0.3, 0.4) is 0 Å². The second-order valence-electron chi connectivity index (χ2n) is 13.1. The lowest BCUT2D eigenvalue weighted by atomic mass is 9.98. The third kappa shape index (κ3) is 14.1. The molecule has 0 aliphatic carbocycles. The molecule has 3 amide bonds. The third-order valence-corrected chi connectivity index (χ3v) is 7.32. The number of ether oxygens (including phenoxy) is 3. The van der Waals surface area contributed by atoms with Crippen LogP contribution in [0.15, 0.2) is 60.7 Å². The topological polar surface area (TPSA) is 230 Å². The van der Waals surface area contributed by atoms with E-state index in [1.807, 2.05) is 0 Å². The maximum Gasteiger partial charge on any atom is 0.408 e. The van der Waals surface area contributed by atoms with Gasteiger partial charge in [-0.05, 0) is 44.2 Å². The minimum absolute atomic E-state index is 0.0496. The molecular formula is C35H49N3O12. The summed E-state index contributed by atoms with van der Waals surface area (Å²) >= 11 is 0. The zero-order valence-corrected chi connectivity index (χ0v) is 28.9. The molecule has 0 unspecified atom stereocenters. The first kappa shape index (κ1) is 41.6. The summed E-state index contributed by atoms with van der Waals surface area (Å²) < 4.78 is 15.1. The Labute approximate surface area is 291 Å². The number of alkyl carbamates (subject to hydrolysis) is 1. The standard InChI is InChI=1S/C35H49N3O12/c1-21(2)16-25(38-34(47)48-19-22-12-8-6-9-13-22)31(44)37-26(18-39)28(41)29(42)30(43)32(45)36-24(23-14-10-7-11-15-23)17-27(40)49-20-50-33(46)35(3,4)5/h6-15,21,24-26,28-30,39,41-43H,16-20H2,1-5H3,(H,36,45)(H,37,44)(H,38,47)/t24-,25-,26-,28+,29+,30-/m0/s1. The lowest BCUT2D eigenvalue weighted by molar-refractivity contribution is -0.173. The van der Waals surface area contributed by atoms with Crippen LogP contribution in [-0.4, -0.2) is 94.1 Å². The Kier molecular flexibility index (Phi) is 16.8. The van der Waals surface area contributed by atoms with Crippen molar-refractivity contribution in [2.75, 3.05) is 13.4 Å². The second kappa shape index (κ2) is 20.2. The number of aliphatic hydroxyl groups is 4. The van der Waals surface area contributed by atoms with Gasteiger partial charge in [0.05, 0.1) is 30.5 Å². The molecule has 0 aliphatic rings. The molecule has 6 atom stereocenters. The molecule has 0 bridgehead atoms. The molecule has 0 heterocycles. The molecule has 50 heavy (non-hydrogen) atoms. The number of aliphatic hydroxyl groups excluding tert-OH is 4. The van der Waals surface area contributed by atoms with Crippen molar-refractivity contribution in [1.82, 2.24) is 16.0 Å². The molecule has 0 spiro atoms. The molecule has 15 heteroatoms. The minimum Gasteiger partial charge on any atom is -0.445 e. The first-order valence-corrected chi connectivity index (χ1v) is 16.1. The average Bonchev–Trinajstić information content (AvgIpc) is 3.08. The Bertz CT molecular complexity index is 1380. The van der Waals surface area contributed by atoms with Crippen LogP contribution < -0.4 is 16.0 Å². The monoisotopic (exact) mass is 703 g/mol. The molecule has 2 rings (SSSR count). The van der Waals surface area contributed by atoms with E-state index in [-0.39, 0.29) is 18.9 Å². The van der Waals surface area contributed by atoms with Crippen molar-refractivity contribution in [3.05, 3.63) is 71.8 Å². The summed E-state index contributed by atoms with van der Waals surface area (Å²) in [5, 5.41) is 49.4. The van der Waals surface area contributed by atoms with Crippen molar-refractivity contribution < 1.29 is 58.6 Å². The SMILES string of the molecule is CC(C)C[C@H](NC(=O)OCc1ccccc1)C(=O)N[C@@H](CO)[C@@H](O)[C@@H](O)[C@H](O)C(=O)N[C@@H](CC(=O)OCOC(=O)C(C)(C)C)c1ccccc1. The minimum atomic E-state index is -2.29. The Balaban J connectivity index is 2.05. The Morgan fingerprint density at radius 1 is 0.760 bits per heavy atom. The molecule has 2 aromatic carbocycles. The van der Waals surface area contributed by atoms with Gasteiger partial charge in [0, 0.05) is 0 Å². The summed E-state index contributed by atoms with van der Waals surface area (Å²) in [6.45, 7) is 6.86. The zero-order valence-electron chi connectivity index (χ0n) is 28.9.